The summed E-state index contributed by atoms with van der Waals surface area (Å²) in [5, 5.41) is 13.5. The van der Waals surface area contributed by atoms with E-state index in [1.54, 1.807) is 22.1 Å². The van der Waals surface area contributed by atoms with E-state index in [0.29, 0.717) is 0 Å². The third-order valence-corrected chi connectivity index (χ3v) is 5.96. The van der Waals surface area contributed by atoms with Gasteiger partial charge in [-0.25, -0.2) is 0 Å². The van der Waals surface area contributed by atoms with Gasteiger partial charge in [0.15, 0.2) is 0 Å². The van der Waals surface area contributed by atoms with Gasteiger partial charge in [-0.15, -0.1) is 10.2 Å². The van der Waals surface area contributed by atoms with Crippen molar-refractivity contribution >= 4 is 11.3 Å². The van der Waals surface area contributed by atoms with E-state index in [-0.39, 0.29) is 0 Å². The molecule has 0 fully saturated rings. The van der Waals surface area contributed by atoms with Crippen LogP contribution in [0.2, 0.25) is 0 Å². The van der Waals surface area contributed by atoms with Crippen molar-refractivity contribution in [3.05, 3.63) is 69.0 Å². The zero-order chi connectivity index (χ0) is 18.4. The van der Waals surface area contributed by atoms with E-state index in [9.17, 15) is 0 Å². The van der Waals surface area contributed by atoms with Gasteiger partial charge in [-0.2, -0.15) is 0 Å². The van der Waals surface area contributed by atoms with Gasteiger partial charge < -0.3 is 0 Å². The van der Waals surface area contributed by atoms with E-state index >= 15 is 0 Å². The number of hydrogen-bond acceptors (Lipinski definition) is 3. The van der Waals surface area contributed by atoms with E-state index < -0.39 is 0 Å². The zero-order valence-electron chi connectivity index (χ0n) is 16.1. The first kappa shape index (κ1) is 18.8. The van der Waals surface area contributed by atoms with E-state index in [1.807, 2.05) is 0 Å². The van der Waals surface area contributed by atoms with E-state index in [2.05, 4.69) is 73.4 Å². The van der Waals surface area contributed by atoms with Crippen LogP contribution < -0.4 is 0 Å². The molecule has 0 unspecified atom stereocenters. The van der Waals surface area contributed by atoms with Gasteiger partial charge >= 0.3 is 0 Å². The first-order chi connectivity index (χ1) is 12.7. The van der Waals surface area contributed by atoms with Crippen molar-refractivity contribution in [3.63, 3.8) is 0 Å². The van der Waals surface area contributed by atoms with Crippen molar-refractivity contribution in [1.82, 2.24) is 10.2 Å². The molecule has 2 nitrogen and oxygen atoms in total. The topological polar surface area (TPSA) is 25.8 Å². The van der Waals surface area contributed by atoms with E-state index in [1.165, 1.54) is 42.0 Å². The molecule has 2 aliphatic carbocycles. The van der Waals surface area contributed by atoms with Crippen LogP contribution in [0.25, 0.3) is 10.6 Å². The SMILES string of the molecule is CCCCCc1cc2ccc1=2.CCc1ccc(-c2nnc(CC)s2)cc1. The predicted octanol–water partition coefficient (Wildman–Crippen LogP) is 6.35. The van der Waals surface area contributed by atoms with Gasteiger partial charge in [-0.1, -0.05) is 87.4 Å². The molecule has 2 aromatic rings. The van der Waals surface area contributed by atoms with Crippen LogP contribution >= 0.6 is 11.3 Å². The fourth-order valence-corrected chi connectivity index (χ4v) is 3.82. The van der Waals surface area contributed by atoms with E-state index in [0.717, 1.165) is 22.9 Å². The monoisotopic (exact) mass is 364 g/mol. The molecule has 3 heteroatoms. The van der Waals surface area contributed by atoms with Crippen LogP contribution in [0, 0.1) is 10.4 Å². The van der Waals surface area contributed by atoms with Gasteiger partial charge in [-0.05, 0) is 47.2 Å². The fraction of sp³-hybridized carbons (Fsp3) is 0.391. The first-order valence-electron chi connectivity index (χ1n) is 9.80. The highest BCUT2D eigenvalue weighted by Gasteiger charge is 2.05. The second-order valence-electron chi connectivity index (χ2n) is 6.73. The number of rotatable bonds is 7. The van der Waals surface area contributed by atoms with Crippen LogP contribution in [0.3, 0.4) is 0 Å². The molecular weight excluding hydrogens is 336 g/mol. The highest BCUT2D eigenvalue weighted by molar-refractivity contribution is 7.14. The molecule has 0 N–H and O–H groups in total. The minimum absolute atomic E-state index is 0.963. The van der Waals surface area contributed by atoms with Crippen LogP contribution in [0.4, 0.5) is 0 Å². The lowest BCUT2D eigenvalue weighted by Gasteiger charge is -2.10. The van der Waals surface area contributed by atoms with Crippen LogP contribution in [-0.4, -0.2) is 10.2 Å². The molecule has 0 saturated heterocycles. The average Bonchev–Trinajstić information content (AvgIpc) is 3.15. The summed E-state index contributed by atoms with van der Waals surface area (Å²) in [6, 6.07) is 15.3. The Morgan fingerprint density at radius 3 is 2.15 bits per heavy atom. The molecule has 136 valence electrons. The van der Waals surface area contributed by atoms with Crippen LogP contribution in [0.5, 0.6) is 0 Å². The first-order valence-corrected chi connectivity index (χ1v) is 10.6. The molecule has 0 atom stereocenters. The van der Waals surface area contributed by atoms with Gasteiger partial charge in [0.2, 0.25) is 0 Å². The van der Waals surface area contributed by atoms with Gasteiger partial charge in [0, 0.05) is 5.56 Å². The number of nitrogens with zero attached hydrogens (tertiary/aromatic N) is 2. The minimum Gasteiger partial charge on any atom is -0.143 e. The fourth-order valence-electron chi connectivity index (χ4n) is 3.04. The second-order valence-corrected chi connectivity index (χ2v) is 7.80. The van der Waals surface area contributed by atoms with Crippen LogP contribution in [0.15, 0.2) is 42.5 Å². The summed E-state index contributed by atoms with van der Waals surface area (Å²) in [7, 11) is 0. The minimum atomic E-state index is 0.963. The summed E-state index contributed by atoms with van der Waals surface area (Å²) in [5.41, 5.74) is 4.12. The Bertz CT molecular complexity index is 926. The molecule has 0 saturated carbocycles. The summed E-state index contributed by atoms with van der Waals surface area (Å²) in [6.45, 7) is 6.52. The summed E-state index contributed by atoms with van der Waals surface area (Å²) in [4.78, 5) is 0. The third-order valence-electron chi connectivity index (χ3n) is 4.84. The number of unbranched alkanes of at least 4 members (excludes halogenated alkanes) is 2. The Labute approximate surface area is 160 Å². The normalized spacial score (nSPS) is 11.0. The molecule has 1 heterocycles. The molecule has 4 rings (SSSR count). The van der Waals surface area contributed by atoms with Crippen LogP contribution in [0.1, 0.15) is 56.2 Å². The molecule has 1 aromatic heterocycles. The molecule has 0 amide bonds. The quantitative estimate of drug-likeness (QED) is 0.357. The number of aromatic nitrogens is 2. The zero-order valence-corrected chi connectivity index (χ0v) is 16.9. The van der Waals surface area contributed by atoms with Crippen molar-refractivity contribution in [3.8, 4) is 10.6 Å². The predicted molar refractivity (Wildman–Crippen MR) is 111 cm³/mol. The van der Waals surface area contributed by atoms with Crippen molar-refractivity contribution in [2.75, 3.05) is 0 Å². The molecule has 0 aliphatic heterocycles. The molecule has 2 aliphatic rings. The second kappa shape index (κ2) is 9.09. The largest absolute Gasteiger partial charge is 0.147 e. The summed E-state index contributed by atoms with van der Waals surface area (Å²) in [5.74, 6) is 0. The number of aryl methyl sites for hydroxylation is 3. The maximum Gasteiger partial charge on any atom is 0.147 e. The molecule has 0 spiro atoms. The number of benzene rings is 2. The van der Waals surface area contributed by atoms with Crippen molar-refractivity contribution in [2.45, 2.75) is 59.3 Å². The number of hydrogen-bond donors (Lipinski definition) is 0. The van der Waals surface area contributed by atoms with E-state index in [4.69, 9.17) is 0 Å². The molecule has 26 heavy (non-hydrogen) atoms. The Balaban J connectivity index is 0.000000158. The van der Waals surface area contributed by atoms with Crippen molar-refractivity contribution in [2.24, 2.45) is 0 Å². The smallest absolute Gasteiger partial charge is 0.143 e. The molecule has 0 radical (unpaired) electrons. The van der Waals surface area contributed by atoms with Gasteiger partial charge in [0.1, 0.15) is 10.0 Å². The standard InChI is InChI=1S/C12H14N2S.C11H14/c1-3-9-5-7-10(8-6-9)12-14-13-11(4-2)15-12;1-2-3-4-5-9-8-10-6-7-11(9)10/h5-8H,3-4H2,1-2H3;6-8H,2-5H2,1H3. The average molecular weight is 365 g/mol. The lowest BCUT2D eigenvalue weighted by Crippen LogP contribution is -1.96. The van der Waals surface area contributed by atoms with Gasteiger partial charge in [0.05, 0.1) is 0 Å². The highest BCUT2D eigenvalue weighted by Crippen LogP contribution is 2.24. The highest BCUT2D eigenvalue weighted by atomic mass is 32.1. The Kier molecular flexibility index (Phi) is 6.56. The van der Waals surface area contributed by atoms with Crippen molar-refractivity contribution < 1.29 is 0 Å². The summed E-state index contributed by atoms with van der Waals surface area (Å²) in [6.07, 6.45) is 7.42. The molecule has 0 bridgehead atoms. The van der Waals surface area contributed by atoms with Crippen LogP contribution in [-0.2, 0) is 19.3 Å². The summed E-state index contributed by atoms with van der Waals surface area (Å²) < 4.78 is 0. The molecular formula is C23H28N2S. The lowest BCUT2D eigenvalue weighted by molar-refractivity contribution is 0.712. The maximum atomic E-state index is 4.18. The Hall–Kier alpha value is -2.00. The Morgan fingerprint density at radius 1 is 0.846 bits per heavy atom. The Morgan fingerprint density at radius 2 is 1.65 bits per heavy atom. The van der Waals surface area contributed by atoms with Crippen molar-refractivity contribution in [1.29, 1.82) is 0 Å². The third kappa shape index (κ3) is 4.39. The molecule has 1 aromatic carbocycles. The lowest BCUT2D eigenvalue weighted by atomic mass is 9.95. The summed E-state index contributed by atoms with van der Waals surface area (Å²) >= 11 is 1.68. The van der Waals surface area contributed by atoms with Gasteiger partial charge in [0.25, 0.3) is 0 Å². The maximum absolute atomic E-state index is 4.18. The van der Waals surface area contributed by atoms with Gasteiger partial charge in [-0.3, -0.25) is 0 Å².